The van der Waals surface area contributed by atoms with E-state index in [2.05, 4.69) is 5.32 Å². The molecule has 1 amide bonds. The summed E-state index contributed by atoms with van der Waals surface area (Å²) >= 11 is 6.05. The van der Waals surface area contributed by atoms with E-state index in [0.29, 0.717) is 17.1 Å². The Morgan fingerprint density at radius 1 is 1.08 bits per heavy atom. The summed E-state index contributed by atoms with van der Waals surface area (Å²) in [4.78, 5) is 23.5. The number of fused-ring (bicyclic) bond motifs is 1. The number of halogens is 3. The van der Waals surface area contributed by atoms with Crippen LogP contribution in [0.2, 0.25) is 5.02 Å². The van der Waals surface area contributed by atoms with Gasteiger partial charge in [-0.3, -0.25) is 9.59 Å². The number of benzene rings is 3. The maximum atomic E-state index is 14.9. The van der Waals surface area contributed by atoms with E-state index in [0.717, 1.165) is 6.07 Å². The second kappa shape index (κ2) is 10.8. The highest BCUT2D eigenvalue weighted by atomic mass is 35.5. The van der Waals surface area contributed by atoms with Gasteiger partial charge in [-0.1, -0.05) is 23.7 Å². The first-order valence-corrected chi connectivity index (χ1v) is 11.1. The van der Waals surface area contributed by atoms with Gasteiger partial charge in [0, 0.05) is 0 Å². The Kier molecular flexibility index (Phi) is 7.56. The largest absolute Gasteiger partial charge is 0.486 e. The van der Waals surface area contributed by atoms with Crippen LogP contribution in [-0.2, 0) is 17.8 Å². The number of carboxylic acids is 1. The molecule has 0 spiro atoms. The first-order valence-electron chi connectivity index (χ1n) is 10.7. The van der Waals surface area contributed by atoms with Gasteiger partial charge in [-0.05, 0) is 47.5 Å². The molecular weight excluding hydrogens is 500 g/mol. The van der Waals surface area contributed by atoms with Crippen molar-refractivity contribution in [2.45, 2.75) is 19.1 Å². The fourth-order valence-electron chi connectivity index (χ4n) is 3.48. The molecule has 1 atom stereocenters. The monoisotopic (exact) mass is 519 g/mol. The number of aliphatic hydroxyl groups excluding tert-OH is 1. The minimum atomic E-state index is -1.12. The molecule has 0 unspecified atom stereocenters. The Balaban J connectivity index is 1.42. The van der Waals surface area contributed by atoms with Gasteiger partial charge in [0.2, 0.25) is 0 Å². The number of amides is 1. The van der Waals surface area contributed by atoms with Crippen molar-refractivity contribution >= 4 is 29.2 Å². The summed E-state index contributed by atoms with van der Waals surface area (Å²) in [7, 11) is 0. The van der Waals surface area contributed by atoms with Gasteiger partial charge in [0.15, 0.2) is 29.2 Å². The van der Waals surface area contributed by atoms with Crippen molar-refractivity contribution in [3.63, 3.8) is 0 Å². The number of anilines is 1. The van der Waals surface area contributed by atoms with Crippen LogP contribution in [0.1, 0.15) is 21.5 Å². The third-order valence-electron chi connectivity index (χ3n) is 5.26. The number of nitrogens with one attached hydrogen (secondary N) is 1. The molecule has 188 valence electrons. The third kappa shape index (κ3) is 5.67. The lowest BCUT2D eigenvalue weighted by molar-refractivity contribution is -0.136. The van der Waals surface area contributed by atoms with Crippen molar-refractivity contribution in [3.05, 3.63) is 81.9 Å². The molecular formula is C25H20ClF2NO7. The summed E-state index contributed by atoms with van der Waals surface area (Å²) in [6, 6.07) is 10.9. The van der Waals surface area contributed by atoms with Gasteiger partial charge < -0.3 is 29.7 Å². The van der Waals surface area contributed by atoms with Crippen molar-refractivity contribution in [2.24, 2.45) is 0 Å². The molecule has 1 aliphatic heterocycles. The van der Waals surface area contributed by atoms with E-state index >= 15 is 0 Å². The van der Waals surface area contributed by atoms with Crippen LogP contribution in [0.3, 0.4) is 0 Å². The minimum absolute atomic E-state index is 0.0818. The van der Waals surface area contributed by atoms with Crippen LogP contribution < -0.4 is 19.5 Å². The van der Waals surface area contributed by atoms with Gasteiger partial charge in [0.1, 0.15) is 19.0 Å². The van der Waals surface area contributed by atoms with Crippen molar-refractivity contribution in [1.82, 2.24) is 0 Å². The molecule has 3 aromatic carbocycles. The summed E-state index contributed by atoms with van der Waals surface area (Å²) in [5.41, 5.74) is 0.404. The molecule has 4 rings (SSSR count). The fourth-order valence-corrected chi connectivity index (χ4v) is 3.73. The lowest BCUT2D eigenvalue weighted by Crippen LogP contribution is -2.34. The maximum Gasteiger partial charge on any atom is 0.307 e. The van der Waals surface area contributed by atoms with Crippen LogP contribution in [-0.4, -0.2) is 41.4 Å². The highest BCUT2D eigenvalue weighted by molar-refractivity contribution is 6.34. The predicted molar refractivity (Wildman–Crippen MR) is 125 cm³/mol. The highest BCUT2D eigenvalue weighted by Gasteiger charge is 2.24. The van der Waals surface area contributed by atoms with Crippen LogP contribution in [0.25, 0.3) is 0 Å². The van der Waals surface area contributed by atoms with Crippen molar-refractivity contribution in [1.29, 1.82) is 0 Å². The van der Waals surface area contributed by atoms with Gasteiger partial charge >= 0.3 is 5.97 Å². The highest BCUT2D eigenvalue weighted by Crippen LogP contribution is 2.34. The molecule has 1 heterocycles. The van der Waals surface area contributed by atoms with Crippen LogP contribution in [0.5, 0.6) is 17.2 Å². The Morgan fingerprint density at radius 2 is 1.86 bits per heavy atom. The van der Waals surface area contributed by atoms with E-state index in [-0.39, 0.29) is 48.8 Å². The third-order valence-corrected chi connectivity index (χ3v) is 5.63. The minimum Gasteiger partial charge on any atom is -0.486 e. The molecule has 1 aliphatic rings. The summed E-state index contributed by atoms with van der Waals surface area (Å²) in [6.07, 6.45) is -0.921. The zero-order valence-electron chi connectivity index (χ0n) is 18.6. The number of aliphatic hydroxyl groups is 1. The SMILES string of the molecule is O=C(O)Cc1ccc(F)c(NC(=O)c2ccc(OC[C@@H]3COc4cc(CO)ccc4O3)c(F)c2Cl)c1. The molecule has 3 aromatic rings. The number of carboxylic acid groups (broad SMARTS) is 1. The number of carbonyl (C=O) groups is 2. The molecule has 0 saturated heterocycles. The Morgan fingerprint density at radius 3 is 2.61 bits per heavy atom. The van der Waals surface area contributed by atoms with E-state index < -0.39 is 34.6 Å². The Bertz CT molecular complexity index is 1320. The molecule has 0 saturated carbocycles. The Hall–Kier alpha value is -3.89. The zero-order valence-corrected chi connectivity index (χ0v) is 19.4. The molecule has 11 heteroatoms. The molecule has 0 fully saturated rings. The second-order valence-corrected chi connectivity index (χ2v) is 8.26. The maximum absolute atomic E-state index is 14.9. The van der Waals surface area contributed by atoms with Gasteiger partial charge in [-0.2, -0.15) is 0 Å². The number of aliphatic carboxylic acids is 1. The number of rotatable bonds is 8. The van der Waals surface area contributed by atoms with E-state index in [1.165, 1.54) is 24.3 Å². The van der Waals surface area contributed by atoms with Crippen LogP contribution in [0.4, 0.5) is 14.5 Å². The van der Waals surface area contributed by atoms with E-state index in [1.807, 2.05) is 0 Å². The topological polar surface area (TPSA) is 114 Å². The smallest absolute Gasteiger partial charge is 0.307 e. The molecule has 3 N–H and O–H groups in total. The Labute approximate surface area is 209 Å². The molecule has 0 bridgehead atoms. The van der Waals surface area contributed by atoms with Crippen molar-refractivity contribution < 1.29 is 42.8 Å². The van der Waals surface area contributed by atoms with E-state index in [9.17, 15) is 23.5 Å². The molecule has 0 radical (unpaired) electrons. The standard InChI is InChI=1S/C25H20ClF2NO7/c26-23-16(25(33)29-18-7-13(9-22(31)32)1-4-17(18)27)3-6-20(24(23)28)34-11-15-12-35-21-8-14(10-30)2-5-19(21)36-15/h1-8,15,30H,9-12H2,(H,29,33)(H,31,32)/t15-/m1/s1. The van der Waals surface area contributed by atoms with Crippen LogP contribution in [0.15, 0.2) is 48.5 Å². The van der Waals surface area contributed by atoms with Crippen molar-refractivity contribution in [2.75, 3.05) is 18.5 Å². The van der Waals surface area contributed by atoms with Gasteiger partial charge in [0.05, 0.1) is 29.3 Å². The average Bonchev–Trinajstić information content (AvgIpc) is 2.86. The zero-order chi connectivity index (χ0) is 25.8. The molecule has 0 aliphatic carbocycles. The summed E-state index contributed by atoms with van der Waals surface area (Å²) in [5, 5.41) is 19.8. The van der Waals surface area contributed by atoms with Gasteiger partial charge in [-0.15, -0.1) is 0 Å². The summed E-state index contributed by atoms with van der Waals surface area (Å²) in [6.45, 7) is -0.0882. The van der Waals surface area contributed by atoms with E-state index in [4.69, 9.17) is 30.9 Å². The molecule has 0 aromatic heterocycles. The summed E-state index contributed by atoms with van der Waals surface area (Å²) < 4.78 is 45.8. The first-order chi connectivity index (χ1) is 17.2. The average molecular weight is 520 g/mol. The normalized spacial score (nSPS) is 14.3. The number of hydrogen-bond donors (Lipinski definition) is 3. The number of hydrogen-bond acceptors (Lipinski definition) is 6. The fraction of sp³-hybridized carbons (Fsp3) is 0.200. The quantitative estimate of drug-likeness (QED) is 0.408. The number of carbonyl (C=O) groups excluding carboxylic acids is 1. The molecule has 8 nitrogen and oxygen atoms in total. The summed E-state index contributed by atoms with van der Waals surface area (Å²) in [5.74, 6) is -3.09. The first kappa shape index (κ1) is 25.2. The van der Waals surface area contributed by atoms with Crippen LogP contribution in [0, 0.1) is 11.6 Å². The van der Waals surface area contributed by atoms with Crippen molar-refractivity contribution in [3.8, 4) is 17.2 Å². The van der Waals surface area contributed by atoms with Gasteiger partial charge in [0.25, 0.3) is 5.91 Å². The van der Waals surface area contributed by atoms with E-state index in [1.54, 1.807) is 18.2 Å². The molecule has 36 heavy (non-hydrogen) atoms. The van der Waals surface area contributed by atoms with Gasteiger partial charge in [-0.25, -0.2) is 8.78 Å². The predicted octanol–water partition coefficient (Wildman–Crippen LogP) is 4.21. The lowest BCUT2D eigenvalue weighted by atomic mass is 10.1. The van der Waals surface area contributed by atoms with Crippen LogP contribution >= 0.6 is 11.6 Å². The second-order valence-electron chi connectivity index (χ2n) is 7.88. The number of ether oxygens (including phenoxy) is 3. The lowest BCUT2D eigenvalue weighted by Gasteiger charge is -2.27.